The van der Waals surface area contributed by atoms with Gasteiger partial charge in [-0.05, 0) is 24.6 Å². The summed E-state index contributed by atoms with van der Waals surface area (Å²) >= 11 is 0. The lowest BCUT2D eigenvalue weighted by molar-refractivity contribution is 0.0497. The molecule has 2 nitrogen and oxygen atoms in total. The molecule has 0 bridgehead atoms. The number of hydrogen-bond donors (Lipinski definition) is 0. The third-order valence-corrected chi connectivity index (χ3v) is 4.89. The molecular weight excluding hydrogens is 346 g/mol. The molecule has 0 spiro atoms. The van der Waals surface area contributed by atoms with E-state index < -0.39 is 17.6 Å². The molecule has 0 radical (unpaired) electrons. The molecule has 0 unspecified atom stereocenters. The van der Waals surface area contributed by atoms with Crippen molar-refractivity contribution in [2.24, 2.45) is 0 Å². The van der Waals surface area contributed by atoms with Crippen molar-refractivity contribution in [3.05, 3.63) is 35.4 Å². The Balaban J connectivity index is 1.87. The number of halogens is 2. The normalized spacial score (nSPS) is 10.9. The van der Waals surface area contributed by atoms with Crippen LogP contribution in [0.15, 0.2) is 18.2 Å². The third kappa shape index (κ3) is 11.8. The molecule has 27 heavy (non-hydrogen) atoms. The monoisotopic (exact) mass is 382 g/mol. The maximum atomic E-state index is 13.1. The minimum atomic E-state index is -1.03. The number of benzene rings is 1. The van der Waals surface area contributed by atoms with Gasteiger partial charge in [-0.25, -0.2) is 13.6 Å². The van der Waals surface area contributed by atoms with Crippen molar-refractivity contribution < 1.29 is 18.3 Å². The van der Waals surface area contributed by atoms with Crippen LogP contribution in [0.25, 0.3) is 0 Å². The SMILES string of the molecule is CCCCCCCCCCCCCCCCOC(=O)c1ccc(F)c(F)c1. The molecule has 0 amide bonds. The summed E-state index contributed by atoms with van der Waals surface area (Å²) in [5, 5.41) is 0. The highest BCUT2D eigenvalue weighted by molar-refractivity contribution is 5.89. The summed E-state index contributed by atoms with van der Waals surface area (Å²) in [4.78, 5) is 11.7. The van der Waals surface area contributed by atoms with Crippen LogP contribution in [0.5, 0.6) is 0 Å². The summed E-state index contributed by atoms with van der Waals surface area (Å²) in [5.41, 5.74) is 0.0549. The van der Waals surface area contributed by atoms with Crippen molar-refractivity contribution in [2.45, 2.75) is 96.8 Å². The van der Waals surface area contributed by atoms with Crippen LogP contribution < -0.4 is 0 Å². The number of esters is 1. The lowest BCUT2D eigenvalue weighted by atomic mass is 10.0. The molecule has 0 saturated carbocycles. The van der Waals surface area contributed by atoms with Crippen molar-refractivity contribution in [1.82, 2.24) is 0 Å². The number of unbranched alkanes of at least 4 members (excludes halogenated alkanes) is 13. The zero-order valence-corrected chi connectivity index (χ0v) is 16.9. The van der Waals surface area contributed by atoms with Crippen LogP contribution in [0, 0.1) is 11.6 Å². The Morgan fingerprint density at radius 2 is 1.22 bits per heavy atom. The molecular formula is C23H36F2O2. The Morgan fingerprint density at radius 3 is 1.70 bits per heavy atom. The maximum Gasteiger partial charge on any atom is 0.338 e. The highest BCUT2D eigenvalue weighted by atomic mass is 19.2. The Hall–Kier alpha value is -1.45. The van der Waals surface area contributed by atoms with E-state index in [1.165, 1.54) is 76.7 Å². The van der Waals surface area contributed by atoms with Crippen molar-refractivity contribution in [1.29, 1.82) is 0 Å². The summed E-state index contributed by atoms with van der Waals surface area (Å²) in [6.07, 6.45) is 17.8. The standard InChI is InChI=1S/C23H36F2O2/c1-2-3-4-5-6-7-8-9-10-11-12-13-14-15-18-27-23(26)20-16-17-21(24)22(25)19-20/h16-17,19H,2-15,18H2,1H3. The van der Waals surface area contributed by atoms with Gasteiger partial charge in [-0.3, -0.25) is 0 Å². The quantitative estimate of drug-likeness (QED) is 0.217. The number of carbonyl (C=O) groups excluding carboxylic acids is 1. The molecule has 1 rings (SSSR count). The van der Waals surface area contributed by atoms with E-state index in [4.69, 9.17) is 4.74 Å². The Labute approximate surface area is 163 Å². The summed E-state index contributed by atoms with van der Waals surface area (Å²) in [6.45, 7) is 2.58. The first-order valence-corrected chi connectivity index (χ1v) is 10.8. The zero-order valence-electron chi connectivity index (χ0n) is 16.9. The lowest BCUT2D eigenvalue weighted by Crippen LogP contribution is -2.07. The van der Waals surface area contributed by atoms with Crippen LogP contribution in [0.4, 0.5) is 8.78 Å². The van der Waals surface area contributed by atoms with Gasteiger partial charge in [0.15, 0.2) is 11.6 Å². The summed E-state index contributed by atoms with van der Waals surface area (Å²) < 4.78 is 31.0. The fraction of sp³-hybridized carbons (Fsp3) is 0.696. The van der Waals surface area contributed by atoms with Gasteiger partial charge in [0, 0.05) is 0 Å². The van der Waals surface area contributed by atoms with Gasteiger partial charge >= 0.3 is 5.97 Å². The number of ether oxygens (including phenoxy) is 1. The van der Waals surface area contributed by atoms with Crippen molar-refractivity contribution in [3.8, 4) is 0 Å². The molecule has 0 aromatic heterocycles. The van der Waals surface area contributed by atoms with E-state index in [9.17, 15) is 13.6 Å². The van der Waals surface area contributed by atoms with Crippen LogP contribution >= 0.6 is 0 Å². The van der Waals surface area contributed by atoms with Gasteiger partial charge in [0.1, 0.15) is 0 Å². The molecule has 0 aliphatic rings. The molecule has 0 fully saturated rings. The molecule has 154 valence electrons. The van der Waals surface area contributed by atoms with E-state index >= 15 is 0 Å². The fourth-order valence-electron chi connectivity index (χ4n) is 3.17. The zero-order chi connectivity index (χ0) is 19.7. The van der Waals surface area contributed by atoms with E-state index in [1.807, 2.05) is 0 Å². The first-order valence-electron chi connectivity index (χ1n) is 10.8. The van der Waals surface area contributed by atoms with E-state index in [0.29, 0.717) is 6.61 Å². The Bertz CT molecular complexity index is 517. The smallest absolute Gasteiger partial charge is 0.338 e. The Morgan fingerprint density at radius 1 is 0.741 bits per heavy atom. The number of hydrogen-bond acceptors (Lipinski definition) is 2. The Kier molecular flexibility index (Phi) is 13.6. The largest absolute Gasteiger partial charge is 0.462 e. The lowest BCUT2D eigenvalue weighted by Gasteiger charge is -2.06. The van der Waals surface area contributed by atoms with Crippen LogP contribution in [-0.2, 0) is 4.74 Å². The third-order valence-electron chi connectivity index (χ3n) is 4.89. The van der Waals surface area contributed by atoms with Gasteiger partial charge in [-0.1, -0.05) is 90.4 Å². The van der Waals surface area contributed by atoms with Crippen LogP contribution in [0.2, 0.25) is 0 Å². The van der Waals surface area contributed by atoms with E-state index in [-0.39, 0.29) is 5.56 Å². The van der Waals surface area contributed by atoms with Gasteiger partial charge in [0.2, 0.25) is 0 Å². The second-order valence-electron chi connectivity index (χ2n) is 7.36. The van der Waals surface area contributed by atoms with Gasteiger partial charge in [0.25, 0.3) is 0 Å². The molecule has 0 aliphatic carbocycles. The minimum absolute atomic E-state index is 0.0549. The molecule has 0 heterocycles. The molecule has 0 N–H and O–H groups in total. The predicted molar refractivity (Wildman–Crippen MR) is 107 cm³/mol. The summed E-state index contributed by atoms with van der Waals surface area (Å²) in [5.74, 6) is -2.58. The van der Waals surface area contributed by atoms with E-state index in [1.54, 1.807) is 0 Å². The van der Waals surface area contributed by atoms with Crippen LogP contribution in [0.3, 0.4) is 0 Å². The highest BCUT2D eigenvalue weighted by Crippen LogP contribution is 2.13. The minimum Gasteiger partial charge on any atom is -0.462 e. The summed E-state index contributed by atoms with van der Waals surface area (Å²) in [6, 6.07) is 3.06. The van der Waals surface area contributed by atoms with Gasteiger partial charge in [-0.15, -0.1) is 0 Å². The average Bonchev–Trinajstić information content (AvgIpc) is 2.66. The second kappa shape index (κ2) is 15.6. The predicted octanol–water partition coefficient (Wildman–Crippen LogP) is 7.60. The first-order chi connectivity index (χ1) is 13.1. The average molecular weight is 383 g/mol. The van der Waals surface area contributed by atoms with Crippen molar-refractivity contribution in [3.63, 3.8) is 0 Å². The highest BCUT2D eigenvalue weighted by Gasteiger charge is 2.10. The molecule has 1 aromatic rings. The topological polar surface area (TPSA) is 26.3 Å². The fourth-order valence-corrected chi connectivity index (χ4v) is 3.17. The number of carbonyl (C=O) groups is 1. The van der Waals surface area contributed by atoms with Gasteiger partial charge < -0.3 is 4.74 Å². The molecule has 0 aliphatic heterocycles. The number of rotatable bonds is 16. The van der Waals surface area contributed by atoms with Crippen molar-refractivity contribution >= 4 is 5.97 Å². The van der Waals surface area contributed by atoms with Crippen LogP contribution in [-0.4, -0.2) is 12.6 Å². The van der Waals surface area contributed by atoms with Gasteiger partial charge in [0.05, 0.1) is 12.2 Å². The molecule has 4 heteroatoms. The molecule has 0 saturated heterocycles. The van der Waals surface area contributed by atoms with E-state index in [0.717, 1.165) is 31.4 Å². The molecule has 0 atom stereocenters. The maximum absolute atomic E-state index is 13.1. The van der Waals surface area contributed by atoms with Crippen molar-refractivity contribution in [2.75, 3.05) is 6.61 Å². The first kappa shape index (κ1) is 23.6. The van der Waals surface area contributed by atoms with E-state index in [2.05, 4.69) is 6.92 Å². The van der Waals surface area contributed by atoms with Crippen LogP contribution in [0.1, 0.15) is 107 Å². The second-order valence-corrected chi connectivity index (χ2v) is 7.36. The summed E-state index contributed by atoms with van der Waals surface area (Å²) in [7, 11) is 0. The molecule has 1 aromatic carbocycles. The van der Waals surface area contributed by atoms with Gasteiger partial charge in [-0.2, -0.15) is 0 Å².